The van der Waals surface area contributed by atoms with Gasteiger partial charge in [-0.1, -0.05) is 24.3 Å². The molecular weight excluding hydrogens is 268 g/mol. The fourth-order valence-corrected chi connectivity index (χ4v) is 3.45. The topological polar surface area (TPSA) is 46.3 Å². The molecule has 3 rings (SSSR count). The summed E-state index contributed by atoms with van der Waals surface area (Å²) in [5.74, 6) is 2.21. The summed E-state index contributed by atoms with van der Waals surface area (Å²) < 4.78 is 0. The standard InChI is InChI=1S/C16H18N2OS/c17-15-11-13-5-2-1-4-12(13)10-14(15)16(19)18-6-3-8-20-9-7-18/h1-2,4-5,10-11H,3,6-9,17H2. The molecule has 104 valence electrons. The lowest BCUT2D eigenvalue weighted by Crippen LogP contribution is -2.33. The molecule has 1 saturated heterocycles. The molecule has 3 nitrogen and oxygen atoms in total. The normalized spacial score (nSPS) is 16.1. The van der Waals surface area contributed by atoms with Crippen LogP contribution in [0.1, 0.15) is 16.8 Å². The number of nitrogens with zero attached hydrogens (tertiary/aromatic N) is 1. The molecule has 0 bridgehead atoms. The van der Waals surface area contributed by atoms with Crippen molar-refractivity contribution < 1.29 is 4.79 Å². The van der Waals surface area contributed by atoms with Crippen LogP contribution in [0.15, 0.2) is 36.4 Å². The molecule has 0 aliphatic carbocycles. The number of anilines is 1. The molecule has 1 fully saturated rings. The number of carbonyl (C=O) groups excluding carboxylic acids is 1. The summed E-state index contributed by atoms with van der Waals surface area (Å²) in [6.45, 7) is 1.65. The minimum absolute atomic E-state index is 0.0655. The predicted molar refractivity (Wildman–Crippen MR) is 86.2 cm³/mol. The minimum Gasteiger partial charge on any atom is -0.398 e. The van der Waals surface area contributed by atoms with Gasteiger partial charge in [0.1, 0.15) is 0 Å². The van der Waals surface area contributed by atoms with Gasteiger partial charge in [0.2, 0.25) is 0 Å². The van der Waals surface area contributed by atoms with Crippen molar-refractivity contribution in [1.29, 1.82) is 0 Å². The molecule has 20 heavy (non-hydrogen) atoms. The van der Waals surface area contributed by atoms with Gasteiger partial charge in [-0.15, -0.1) is 0 Å². The Morgan fingerprint density at radius 2 is 1.85 bits per heavy atom. The van der Waals surface area contributed by atoms with Crippen LogP contribution >= 0.6 is 11.8 Å². The molecule has 2 N–H and O–H groups in total. The van der Waals surface area contributed by atoms with Crippen LogP contribution in [0, 0.1) is 0 Å². The molecule has 1 amide bonds. The van der Waals surface area contributed by atoms with E-state index in [0.717, 1.165) is 41.8 Å². The molecule has 0 radical (unpaired) electrons. The van der Waals surface area contributed by atoms with Gasteiger partial charge in [0.05, 0.1) is 5.56 Å². The van der Waals surface area contributed by atoms with Gasteiger partial charge in [-0.25, -0.2) is 0 Å². The Hall–Kier alpha value is -1.68. The first-order valence-electron chi connectivity index (χ1n) is 6.91. The maximum Gasteiger partial charge on any atom is 0.255 e. The molecule has 0 unspecified atom stereocenters. The third kappa shape index (κ3) is 2.61. The molecule has 2 aromatic rings. The summed E-state index contributed by atoms with van der Waals surface area (Å²) in [5.41, 5.74) is 7.29. The largest absolute Gasteiger partial charge is 0.398 e. The Bertz CT molecular complexity index is 633. The van der Waals surface area contributed by atoms with Crippen LogP contribution in [0.5, 0.6) is 0 Å². The fourth-order valence-electron chi connectivity index (χ4n) is 2.56. The van der Waals surface area contributed by atoms with E-state index in [1.807, 2.05) is 53.1 Å². The summed E-state index contributed by atoms with van der Waals surface area (Å²) in [7, 11) is 0. The van der Waals surface area contributed by atoms with E-state index >= 15 is 0 Å². The van der Waals surface area contributed by atoms with Crippen molar-refractivity contribution in [2.24, 2.45) is 0 Å². The Balaban J connectivity index is 1.95. The van der Waals surface area contributed by atoms with E-state index < -0.39 is 0 Å². The van der Waals surface area contributed by atoms with Crippen molar-refractivity contribution in [3.05, 3.63) is 42.0 Å². The van der Waals surface area contributed by atoms with E-state index in [0.29, 0.717) is 11.3 Å². The highest BCUT2D eigenvalue weighted by Gasteiger charge is 2.19. The van der Waals surface area contributed by atoms with E-state index in [4.69, 9.17) is 5.73 Å². The maximum absolute atomic E-state index is 12.7. The summed E-state index contributed by atoms with van der Waals surface area (Å²) in [6, 6.07) is 11.8. The summed E-state index contributed by atoms with van der Waals surface area (Å²) in [4.78, 5) is 14.6. The molecule has 0 atom stereocenters. The average Bonchev–Trinajstić information content (AvgIpc) is 2.75. The van der Waals surface area contributed by atoms with Gasteiger partial charge in [0.25, 0.3) is 5.91 Å². The lowest BCUT2D eigenvalue weighted by atomic mass is 10.0. The lowest BCUT2D eigenvalue weighted by Gasteiger charge is -2.21. The number of hydrogen-bond donors (Lipinski definition) is 1. The Morgan fingerprint density at radius 1 is 1.10 bits per heavy atom. The van der Waals surface area contributed by atoms with Gasteiger partial charge in [0, 0.05) is 24.5 Å². The molecule has 0 saturated carbocycles. The van der Waals surface area contributed by atoms with Gasteiger partial charge in [-0.2, -0.15) is 11.8 Å². The van der Waals surface area contributed by atoms with Crippen molar-refractivity contribution in [2.75, 3.05) is 30.3 Å². The summed E-state index contributed by atoms with van der Waals surface area (Å²) in [5, 5.41) is 2.14. The third-order valence-electron chi connectivity index (χ3n) is 3.66. The number of hydrogen-bond acceptors (Lipinski definition) is 3. The van der Waals surface area contributed by atoms with Gasteiger partial charge in [-0.3, -0.25) is 4.79 Å². The SMILES string of the molecule is Nc1cc2ccccc2cc1C(=O)N1CCCSCC1. The number of thioether (sulfide) groups is 1. The highest BCUT2D eigenvalue weighted by atomic mass is 32.2. The number of rotatable bonds is 1. The molecule has 0 spiro atoms. The van der Waals surface area contributed by atoms with Crippen LogP contribution in [0.2, 0.25) is 0 Å². The smallest absolute Gasteiger partial charge is 0.255 e. The van der Waals surface area contributed by atoms with Gasteiger partial charge < -0.3 is 10.6 Å². The highest BCUT2D eigenvalue weighted by molar-refractivity contribution is 7.99. The summed E-state index contributed by atoms with van der Waals surface area (Å²) in [6.07, 6.45) is 1.06. The van der Waals surface area contributed by atoms with E-state index in [1.54, 1.807) is 0 Å². The van der Waals surface area contributed by atoms with Gasteiger partial charge >= 0.3 is 0 Å². The van der Waals surface area contributed by atoms with E-state index in [9.17, 15) is 4.79 Å². The van der Waals surface area contributed by atoms with E-state index in [2.05, 4.69) is 0 Å². The van der Waals surface area contributed by atoms with Crippen LogP contribution in [-0.4, -0.2) is 35.4 Å². The van der Waals surface area contributed by atoms with Crippen LogP contribution in [0.4, 0.5) is 5.69 Å². The van der Waals surface area contributed by atoms with Gasteiger partial charge in [0.15, 0.2) is 0 Å². The zero-order valence-corrected chi connectivity index (χ0v) is 12.2. The maximum atomic E-state index is 12.7. The van der Waals surface area contributed by atoms with Crippen molar-refractivity contribution in [1.82, 2.24) is 4.90 Å². The zero-order chi connectivity index (χ0) is 13.9. The number of carbonyl (C=O) groups is 1. The van der Waals surface area contributed by atoms with Gasteiger partial charge in [-0.05, 0) is 35.1 Å². The number of benzene rings is 2. The monoisotopic (exact) mass is 286 g/mol. The second-order valence-corrected chi connectivity index (χ2v) is 6.27. The molecule has 1 aliphatic heterocycles. The number of nitrogens with two attached hydrogens (primary N) is 1. The van der Waals surface area contributed by atoms with E-state index in [1.165, 1.54) is 0 Å². The van der Waals surface area contributed by atoms with Crippen LogP contribution in [-0.2, 0) is 0 Å². The van der Waals surface area contributed by atoms with Crippen molar-refractivity contribution >= 4 is 34.1 Å². The predicted octanol–water partition coefficient (Wildman–Crippen LogP) is 3.00. The molecule has 4 heteroatoms. The Labute approximate surface area is 123 Å². The zero-order valence-electron chi connectivity index (χ0n) is 11.3. The fraction of sp³-hybridized carbons (Fsp3) is 0.312. The first-order valence-corrected chi connectivity index (χ1v) is 8.06. The summed E-state index contributed by atoms with van der Waals surface area (Å²) >= 11 is 1.91. The highest BCUT2D eigenvalue weighted by Crippen LogP contribution is 2.24. The quantitative estimate of drug-likeness (QED) is 0.820. The van der Waals surface area contributed by atoms with Crippen LogP contribution in [0.25, 0.3) is 10.8 Å². The third-order valence-corrected chi connectivity index (χ3v) is 4.71. The number of amides is 1. The first-order chi connectivity index (χ1) is 9.75. The number of fused-ring (bicyclic) bond motifs is 1. The lowest BCUT2D eigenvalue weighted by molar-refractivity contribution is 0.0770. The molecule has 1 heterocycles. The number of nitrogen functional groups attached to an aromatic ring is 1. The molecule has 1 aliphatic rings. The second kappa shape index (κ2) is 5.75. The van der Waals surface area contributed by atoms with Crippen LogP contribution in [0.3, 0.4) is 0 Å². The van der Waals surface area contributed by atoms with Crippen molar-refractivity contribution in [3.63, 3.8) is 0 Å². The average molecular weight is 286 g/mol. The molecule has 2 aromatic carbocycles. The first kappa shape index (κ1) is 13.3. The second-order valence-electron chi connectivity index (χ2n) is 5.04. The minimum atomic E-state index is 0.0655. The Morgan fingerprint density at radius 3 is 2.65 bits per heavy atom. The van der Waals surface area contributed by atoms with Crippen LogP contribution < -0.4 is 5.73 Å². The molecule has 0 aromatic heterocycles. The van der Waals surface area contributed by atoms with Crippen molar-refractivity contribution in [2.45, 2.75) is 6.42 Å². The van der Waals surface area contributed by atoms with Crippen molar-refractivity contribution in [3.8, 4) is 0 Å². The molecular formula is C16H18N2OS. The Kier molecular flexibility index (Phi) is 3.83. The van der Waals surface area contributed by atoms with E-state index in [-0.39, 0.29) is 5.91 Å².